The molecule has 1 aromatic rings. The second kappa shape index (κ2) is 10.9. The number of carbonyl (C=O) groups excluding carboxylic acids is 3. The smallest absolute Gasteiger partial charge is 0.328 e. The number of esters is 1. The van der Waals surface area contributed by atoms with Crippen LogP contribution in [-0.2, 0) is 29.1 Å². The first-order valence-electron chi connectivity index (χ1n) is 9.62. The van der Waals surface area contributed by atoms with E-state index in [0.717, 1.165) is 11.8 Å². The first kappa shape index (κ1) is 24.4. The van der Waals surface area contributed by atoms with Gasteiger partial charge in [-0.3, -0.25) is 9.59 Å². The van der Waals surface area contributed by atoms with E-state index in [4.69, 9.17) is 9.47 Å². The number of piperazine rings is 1. The Morgan fingerprint density at radius 1 is 1.13 bits per heavy atom. The molecule has 0 aliphatic carbocycles. The van der Waals surface area contributed by atoms with E-state index < -0.39 is 40.5 Å². The molecule has 1 heterocycles. The lowest BCUT2D eigenvalue weighted by molar-refractivity contribution is -0.154. The molecule has 10 nitrogen and oxygen atoms in total. The lowest BCUT2D eigenvalue weighted by Crippen LogP contribution is -2.51. The predicted molar refractivity (Wildman–Crippen MR) is 114 cm³/mol. The number of rotatable bonds is 8. The molecule has 0 saturated carbocycles. The van der Waals surface area contributed by atoms with Crippen molar-refractivity contribution in [1.82, 2.24) is 14.5 Å². The predicted octanol–water partition coefficient (Wildman–Crippen LogP) is -0.140. The van der Waals surface area contributed by atoms with Crippen LogP contribution in [0.15, 0.2) is 30.3 Å². The van der Waals surface area contributed by atoms with Crippen LogP contribution in [0.3, 0.4) is 0 Å². The minimum absolute atomic E-state index is 0.200. The van der Waals surface area contributed by atoms with E-state index in [2.05, 4.69) is 5.32 Å². The number of hydrogen-bond acceptors (Lipinski definition) is 7. The Kier molecular flexibility index (Phi) is 8.57. The average Bonchev–Trinajstić information content (AvgIpc) is 2.75. The van der Waals surface area contributed by atoms with Crippen LogP contribution in [-0.4, -0.2) is 87.6 Å². The molecule has 0 bridgehead atoms. The van der Waals surface area contributed by atoms with Gasteiger partial charge >= 0.3 is 5.97 Å². The Labute approximate surface area is 181 Å². The van der Waals surface area contributed by atoms with Crippen LogP contribution in [0.2, 0.25) is 0 Å². The maximum Gasteiger partial charge on any atom is 0.328 e. The molecule has 170 valence electrons. The lowest BCUT2D eigenvalue weighted by Gasteiger charge is -2.33. The molecule has 1 aromatic carbocycles. The Balaban J connectivity index is 1.74. The Bertz CT molecular complexity index is 921. The molecule has 0 unspecified atom stereocenters. The maximum atomic E-state index is 12.2. The molecule has 1 saturated heterocycles. The molecule has 1 aliphatic heterocycles. The molecule has 0 aromatic heterocycles. The number of nitrogens with one attached hydrogen (secondary N) is 1. The number of methoxy groups -OCH3 is 1. The van der Waals surface area contributed by atoms with Crippen molar-refractivity contribution in [1.29, 1.82) is 0 Å². The van der Waals surface area contributed by atoms with Gasteiger partial charge in [0, 0.05) is 32.3 Å². The molecular formula is C20H27N3O7S. The Morgan fingerprint density at radius 2 is 1.74 bits per heavy atom. The Hall–Kier alpha value is -2.92. The molecule has 1 N–H and O–H groups in total. The van der Waals surface area contributed by atoms with Crippen LogP contribution in [0.4, 0.5) is 0 Å². The van der Waals surface area contributed by atoms with Gasteiger partial charge < -0.3 is 19.7 Å². The highest BCUT2D eigenvalue weighted by molar-refractivity contribution is 7.88. The summed E-state index contributed by atoms with van der Waals surface area (Å²) in [6, 6.07) is 6.14. The summed E-state index contributed by atoms with van der Waals surface area (Å²) in [6.07, 6.45) is 4.00. The lowest BCUT2D eigenvalue weighted by atomic mass is 10.2. The van der Waals surface area contributed by atoms with Crippen LogP contribution in [0.1, 0.15) is 12.5 Å². The number of carbonyl (C=O) groups is 3. The van der Waals surface area contributed by atoms with Gasteiger partial charge in [0.25, 0.3) is 5.91 Å². The maximum absolute atomic E-state index is 12.2. The number of sulfonamides is 1. The van der Waals surface area contributed by atoms with E-state index in [-0.39, 0.29) is 26.2 Å². The monoisotopic (exact) mass is 453 g/mol. The van der Waals surface area contributed by atoms with Crippen molar-refractivity contribution >= 4 is 33.9 Å². The highest BCUT2D eigenvalue weighted by atomic mass is 32.2. The number of amides is 2. The minimum atomic E-state index is -3.29. The zero-order chi connectivity index (χ0) is 23.0. The second-order valence-corrected chi connectivity index (χ2v) is 8.97. The second-order valence-electron chi connectivity index (χ2n) is 6.99. The van der Waals surface area contributed by atoms with Crippen molar-refractivity contribution in [3.63, 3.8) is 0 Å². The summed E-state index contributed by atoms with van der Waals surface area (Å²) >= 11 is 0. The van der Waals surface area contributed by atoms with E-state index in [9.17, 15) is 22.8 Å². The van der Waals surface area contributed by atoms with E-state index in [1.807, 2.05) is 0 Å². The standard InChI is InChI=1S/C20H27N3O7S/c1-15(21-18(24)9-6-16-4-7-17(29-2)8-5-16)20(26)30-14-19(25)22-10-12-23(13-11-22)31(3,27)28/h4-9,15H,10-14H2,1-3H3,(H,21,24)/b9-6+/t15-/m0/s1. The largest absolute Gasteiger partial charge is 0.497 e. The minimum Gasteiger partial charge on any atom is -0.497 e. The highest BCUT2D eigenvalue weighted by Crippen LogP contribution is 2.12. The van der Waals surface area contributed by atoms with E-state index in [1.54, 1.807) is 37.5 Å². The summed E-state index contributed by atoms with van der Waals surface area (Å²) < 4.78 is 34.3. The fourth-order valence-corrected chi connectivity index (χ4v) is 3.65. The zero-order valence-corrected chi connectivity index (χ0v) is 18.6. The zero-order valence-electron chi connectivity index (χ0n) is 17.7. The summed E-state index contributed by atoms with van der Waals surface area (Å²) in [5.74, 6) is -0.943. The SMILES string of the molecule is COc1ccc(/C=C/C(=O)N[C@@H](C)C(=O)OCC(=O)N2CCN(S(C)(=O)=O)CC2)cc1. The van der Waals surface area contributed by atoms with Crippen molar-refractivity contribution in [2.45, 2.75) is 13.0 Å². The van der Waals surface area contributed by atoms with Crippen LogP contribution in [0, 0.1) is 0 Å². The van der Waals surface area contributed by atoms with E-state index in [0.29, 0.717) is 5.75 Å². The number of hydrogen-bond donors (Lipinski definition) is 1. The van der Waals surface area contributed by atoms with Gasteiger partial charge in [-0.05, 0) is 30.7 Å². The van der Waals surface area contributed by atoms with Crippen molar-refractivity contribution in [2.24, 2.45) is 0 Å². The first-order valence-corrected chi connectivity index (χ1v) is 11.5. The molecule has 1 atom stereocenters. The number of ether oxygens (including phenoxy) is 2. The summed E-state index contributed by atoms with van der Waals surface area (Å²) in [5, 5.41) is 2.47. The van der Waals surface area contributed by atoms with Gasteiger partial charge in [-0.25, -0.2) is 13.2 Å². The number of benzene rings is 1. The van der Waals surface area contributed by atoms with Gasteiger partial charge in [0.2, 0.25) is 15.9 Å². The van der Waals surface area contributed by atoms with Gasteiger partial charge in [-0.1, -0.05) is 12.1 Å². The van der Waals surface area contributed by atoms with Gasteiger partial charge in [-0.2, -0.15) is 4.31 Å². The molecule has 11 heteroatoms. The third-order valence-corrected chi connectivity index (χ3v) is 5.96. The summed E-state index contributed by atoms with van der Waals surface area (Å²) in [7, 11) is -1.73. The molecule has 0 spiro atoms. The van der Waals surface area contributed by atoms with Crippen LogP contribution in [0.5, 0.6) is 5.75 Å². The summed E-state index contributed by atoms with van der Waals surface area (Å²) in [5.41, 5.74) is 0.785. The fraction of sp³-hybridized carbons (Fsp3) is 0.450. The van der Waals surface area contributed by atoms with Gasteiger partial charge in [0.1, 0.15) is 11.8 Å². The Morgan fingerprint density at radius 3 is 2.29 bits per heavy atom. The molecule has 1 aliphatic rings. The molecular weight excluding hydrogens is 426 g/mol. The van der Waals surface area contributed by atoms with Crippen LogP contribution >= 0.6 is 0 Å². The molecule has 2 rings (SSSR count). The summed E-state index contributed by atoms with van der Waals surface area (Å²) in [4.78, 5) is 37.7. The van der Waals surface area contributed by atoms with Gasteiger partial charge in [0.15, 0.2) is 6.61 Å². The number of nitrogens with zero attached hydrogens (tertiary/aromatic N) is 2. The fourth-order valence-electron chi connectivity index (χ4n) is 2.83. The van der Waals surface area contributed by atoms with E-state index in [1.165, 1.54) is 22.2 Å². The van der Waals surface area contributed by atoms with E-state index >= 15 is 0 Å². The molecule has 31 heavy (non-hydrogen) atoms. The first-order chi connectivity index (χ1) is 14.6. The van der Waals surface area contributed by atoms with Crippen molar-refractivity contribution in [2.75, 3.05) is 46.2 Å². The molecule has 1 fully saturated rings. The van der Waals surface area contributed by atoms with Crippen molar-refractivity contribution in [3.8, 4) is 5.75 Å². The van der Waals surface area contributed by atoms with Gasteiger partial charge in [-0.15, -0.1) is 0 Å². The molecule has 0 radical (unpaired) electrons. The third-order valence-electron chi connectivity index (χ3n) is 4.65. The van der Waals surface area contributed by atoms with Crippen LogP contribution in [0.25, 0.3) is 6.08 Å². The van der Waals surface area contributed by atoms with Crippen molar-refractivity contribution < 1.29 is 32.3 Å². The topological polar surface area (TPSA) is 122 Å². The normalized spacial score (nSPS) is 16.0. The van der Waals surface area contributed by atoms with Crippen molar-refractivity contribution in [3.05, 3.63) is 35.9 Å². The molecule has 2 amide bonds. The quantitative estimate of drug-likeness (QED) is 0.429. The summed E-state index contributed by atoms with van der Waals surface area (Å²) in [6.45, 7) is 1.84. The average molecular weight is 454 g/mol. The van der Waals surface area contributed by atoms with Crippen LogP contribution < -0.4 is 10.1 Å². The highest BCUT2D eigenvalue weighted by Gasteiger charge is 2.27. The third kappa shape index (κ3) is 7.68. The van der Waals surface area contributed by atoms with Gasteiger partial charge in [0.05, 0.1) is 13.4 Å².